The van der Waals surface area contributed by atoms with Crippen molar-refractivity contribution in [3.8, 4) is 0 Å². The van der Waals surface area contributed by atoms with E-state index in [1.165, 1.54) is 0 Å². The standard InChI is InChI=1S/C12H24N2O4/c1-10(2,3)18-9(15)14-12(6-13)7-16-11(4,5)17-8-12/h6-8,13H2,1-5H3,(H,14,15). The molecule has 1 amide bonds. The van der Waals surface area contributed by atoms with Crippen LogP contribution in [-0.4, -0.2) is 42.8 Å². The van der Waals surface area contributed by atoms with Gasteiger partial charge >= 0.3 is 6.09 Å². The topological polar surface area (TPSA) is 82.8 Å². The number of rotatable bonds is 2. The highest BCUT2D eigenvalue weighted by Gasteiger charge is 2.41. The first-order valence-corrected chi connectivity index (χ1v) is 6.07. The molecule has 6 heteroatoms. The van der Waals surface area contributed by atoms with Crippen molar-refractivity contribution in [3.05, 3.63) is 0 Å². The fourth-order valence-electron chi connectivity index (χ4n) is 1.47. The van der Waals surface area contributed by atoms with Gasteiger partial charge in [0.15, 0.2) is 5.79 Å². The van der Waals surface area contributed by atoms with Crippen LogP contribution >= 0.6 is 0 Å². The molecule has 0 aliphatic carbocycles. The van der Waals surface area contributed by atoms with Crippen molar-refractivity contribution < 1.29 is 19.0 Å². The van der Waals surface area contributed by atoms with E-state index in [0.29, 0.717) is 13.2 Å². The molecule has 0 bridgehead atoms. The Hall–Kier alpha value is -0.850. The van der Waals surface area contributed by atoms with Gasteiger partial charge in [-0.2, -0.15) is 0 Å². The van der Waals surface area contributed by atoms with Crippen molar-refractivity contribution in [2.75, 3.05) is 19.8 Å². The molecule has 18 heavy (non-hydrogen) atoms. The molecule has 0 unspecified atom stereocenters. The van der Waals surface area contributed by atoms with Crippen LogP contribution in [0.4, 0.5) is 4.79 Å². The van der Waals surface area contributed by atoms with Gasteiger partial charge in [0.2, 0.25) is 0 Å². The number of carbonyl (C=O) groups is 1. The van der Waals surface area contributed by atoms with Gasteiger partial charge in [0.25, 0.3) is 0 Å². The Bertz CT molecular complexity index is 300. The summed E-state index contributed by atoms with van der Waals surface area (Å²) in [4.78, 5) is 11.8. The van der Waals surface area contributed by atoms with E-state index in [0.717, 1.165) is 0 Å². The number of alkyl carbamates (subject to hydrolysis) is 1. The normalized spacial score (nSPS) is 22.3. The minimum Gasteiger partial charge on any atom is -0.444 e. The highest BCUT2D eigenvalue weighted by molar-refractivity contribution is 5.69. The molecule has 0 atom stereocenters. The van der Waals surface area contributed by atoms with E-state index in [2.05, 4.69) is 5.32 Å². The van der Waals surface area contributed by atoms with Gasteiger partial charge in [-0.1, -0.05) is 0 Å². The van der Waals surface area contributed by atoms with Crippen LogP contribution in [0.15, 0.2) is 0 Å². The average Bonchev–Trinajstić information content (AvgIpc) is 2.19. The molecule has 6 nitrogen and oxygen atoms in total. The van der Waals surface area contributed by atoms with E-state index >= 15 is 0 Å². The van der Waals surface area contributed by atoms with Crippen LogP contribution in [-0.2, 0) is 14.2 Å². The fraction of sp³-hybridized carbons (Fsp3) is 0.917. The molecular formula is C12H24N2O4. The monoisotopic (exact) mass is 260 g/mol. The molecule has 0 spiro atoms. The molecule has 1 heterocycles. The summed E-state index contributed by atoms with van der Waals surface area (Å²) in [5.74, 6) is -0.645. The second kappa shape index (κ2) is 5.03. The molecule has 106 valence electrons. The summed E-state index contributed by atoms with van der Waals surface area (Å²) in [5, 5.41) is 2.74. The predicted octanol–water partition coefficient (Wildman–Crippen LogP) is 0.992. The molecule has 1 rings (SSSR count). The molecule has 0 radical (unpaired) electrons. The van der Waals surface area contributed by atoms with Gasteiger partial charge < -0.3 is 25.3 Å². The zero-order valence-corrected chi connectivity index (χ0v) is 11.8. The van der Waals surface area contributed by atoms with Gasteiger partial charge in [0.1, 0.15) is 11.1 Å². The van der Waals surface area contributed by atoms with Crippen LogP contribution in [0, 0.1) is 0 Å². The lowest BCUT2D eigenvalue weighted by Crippen LogP contribution is -2.65. The minimum atomic E-state index is -0.724. The van der Waals surface area contributed by atoms with Crippen LogP contribution in [0.25, 0.3) is 0 Å². The summed E-state index contributed by atoms with van der Waals surface area (Å²) in [6.07, 6.45) is -0.514. The molecule has 0 aromatic rings. The third-order valence-electron chi connectivity index (χ3n) is 2.55. The van der Waals surface area contributed by atoms with E-state index in [4.69, 9.17) is 19.9 Å². The Balaban J connectivity index is 2.60. The zero-order chi connectivity index (χ0) is 14.0. The summed E-state index contributed by atoms with van der Waals surface area (Å²) in [6, 6.07) is 0. The van der Waals surface area contributed by atoms with Gasteiger partial charge in [0.05, 0.1) is 13.2 Å². The van der Waals surface area contributed by atoms with Crippen LogP contribution < -0.4 is 11.1 Å². The maximum atomic E-state index is 11.8. The second-order valence-corrected chi connectivity index (χ2v) is 6.09. The Morgan fingerprint density at radius 3 is 2.22 bits per heavy atom. The number of nitrogens with two attached hydrogens (primary N) is 1. The molecule has 0 aromatic carbocycles. The second-order valence-electron chi connectivity index (χ2n) is 6.09. The molecule has 1 fully saturated rings. The molecule has 1 aliphatic rings. The van der Waals surface area contributed by atoms with Crippen molar-refractivity contribution in [1.29, 1.82) is 0 Å². The maximum Gasteiger partial charge on any atom is 0.408 e. The first-order chi connectivity index (χ1) is 8.08. The minimum absolute atomic E-state index is 0.225. The van der Waals surface area contributed by atoms with Crippen LogP contribution in [0.5, 0.6) is 0 Å². The van der Waals surface area contributed by atoms with Crippen LogP contribution in [0.2, 0.25) is 0 Å². The molecule has 0 aromatic heterocycles. The van der Waals surface area contributed by atoms with Gasteiger partial charge in [-0.25, -0.2) is 4.79 Å². The van der Waals surface area contributed by atoms with Crippen molar-refractivity contribution >= 4 is 6.09 Å². The number of hydrogen-bond donors (Lipinski definition) is 2. The Labute approximate surface area is 108 Å². The largest absolute Gasteiger partial charge is 0.444 e. The van der Waals surface area contributed by atoms with Crippen LogP contribution in [0.3, 0.4) is 0 Å². The lowest BCUT2D eigenvalue weighted by atomic mass is 10.0. The number of hydrogen-bond acceptors (Lipinski definition) is 5. The Kier molecular flexibility index (Phi) is 4.25. The predicted molar refractivity (Wildman–Crippen MR) is 67.1 cm³/mol. The summed E-state index contributed by atoms with van der Waals surface area (Å²) >= 11 is 0. The van der Waals surface area contributed by atoms with Crippen molar-refractivity contribution in [3.63, 3.8) is 0 Å². The van der Waals surface area contributed by atoms with Gasteiger partial charge in [-0.3, -0.25) is 0 Å². The fourth-order valence-corrected chi connectivity index (χ4v) is 1.47. The van der Waals surface area contributed by atoms with E-state index in [-0.39, 0.29) is 6.54 Å². The number of ether oxygens (including phenoxy) is 3. The third kappa shape index (κ3) is 4.44. The van der Waals surface area contributed by atoms with E-state index < -0.39 is 23.0 Å². The van der Waals surface area contributed by atoms with Crippen LogP contribution in [0.1, 0.15) is 34.6 Å². The first-order valence-electron chi connectivity index (χ1n) is 6.07. The highest BCUT2D eigenvalue weighted by Crippen LogP contribution is 2.23. The van der Waals surface area contributed by atoms with Gasteiger partial charge in [-0.05, 0) is 34.6 Å². The zero-order valence-electron chi connectivity index (χ0n) is 11.8. The molecule has 1 aliphatic heterocycles. The lowest BCUT2D eigenvalue weighted by molar-refractivity contribution is -0.269. The summed E-state index contributed by atoms with van der Waals surface area (Å²) < 4.78 is 16.3. The van der Waals surface area contributed by atoms with E-state index in [1.807, 2.05) is 13.8 Å². The van der Waals surface area contributed by atoms with E-state index in [9.17, 15) is 4.79 Å². The van der Waals surface area contributed by atoms with Crippen molar-refractivity contribution in [2.24, 2.45) is 5.73 Å². The Morgan fingerprint density at radius 2 is 1.83 bits per heavy atom. The SMILES string of the molecule is CC(C)(C)OC(=O)NC1(CN)COC(C)(C)OC1. The quantitative estimate of drug-likeness (QED) is 0.773. The average molecular weight is 260 g/mol. The lowest BCUT2D eigenvalue weighted by Gasteiger charge is -2.43. The van der Waals surface area contributed by atoms with Gasteiger partial charge in [0, 0.05) is 6.54 Å². The highest BCUT2D eigenvalue weighted by atomic mass is 16.7. The number of amides is 1. The Morgan fingerprint density at radius 1 is 1.33 bits per heavy atom. The first kappa shape index (κ1) is 15.2. The van der Waals surface area contributed by atoms with Gasteiger partial charge in [-0.15, -0.1) is 0 Å². The smallest absolute Gasteiger partial charge is 0.408 e. The summed E-state index contributed by atoms with van der Waals surface area (Å²) in [6.45, 7) is 9.88. The molecule has 3 N–H and O–H groups in total. The van der Waals surface area contributed by atoms with Crippen molar-refractivity contribution in [1.82, 2.24) is 5.32 Å². The molecule has 0 saturated carbocycles. The number of carbonyl (C=O) groups excluding carboxylic acids is 1. The van der Waals surface area contributed by atoms with Crippen molar-refractivity contribution in [2.45, 2.75) is 51.5 Å². The molecular weight excluding hydrogens is 236 g/mol. The summed E-state index contributed by atoms with van der Waals surface area (Å²) in [7, 11) is 0. The summed E-state index contributed by atoms with van der Waals surface area (Å²) in [5.41, 5.74) is 4.44. The third-order valence-corrected chi connectivity index (χ3v) is 2.55. The molecule has 1 saturated heterocycles. The number of nitrogens with one attached hydrogen (secondary N) is 1. The maximum absolute atomic E-state index is 11.8. The van der Waals surface area contributed by atoms with E-state index in [1.54, 1.807) is 20.8 Å².